The summed E-state index contributed by atoms with van der Waals surface area (Å²) in [5, 5.41) is 1.14. The molecule has 7 heteroatoms. The van der Waals surface area contributed by atoms with Crippen LogP contribution in [-0.4, -0.2) is 20.9 Å². The van der Waals surface area contributed by atoms with E-state index in [4.69, 9.17) is 11.6 Å². The molecule has 4 rings (SSSR count). The monoisotopic (exact) mass is 380 g/mol. The molecule has 0 N–H and O–H groups in total. The highest BCUT2D eigenvalue weighted by molar-refractivity contribution is 7.22. The molecule has 1 amide bonds. The van der Waals surface area contributed by atoms with Crippen molar-refractivity contribution in [2.24, 2.45) is 0 Å². The van der Waals surface area contributed by atoms with Gasteiger partial charge in [0.2, 0.25) is 0 Å². The number of fused-ring (bicyclic) bond motifs is 1. The number of carbonyl (C=O) groups excluding carboxylic acids is 1. The Morgan fingerprint density at radius 2 is 1.92 bits per heavy atom. The minimum atomic E-state index is -0.253. The first kappa shape index (κ1) is 16.6. The van der Waals surface area contributed by atoms with Crippen LogP contribution in [0.4, 0.5) is 5.13 Å². The minimum absolute atomic E-state index is 0.253. The van der Waals surface area contributed by atoms with Gasteiger partial charge in [0.25, 0.3) is 5.91 Å². The SMILES string of the molecule is O=C(c1cnccn1)N(Cc1ccccc1)c1nc2c(Cl)cccc2s1. The fourth-order valence-corrected chi connectivity index (χ4v) is 3.82. The zero-order valence-corrected chi connectivity index (χ0v) is 15.1. The lowest BCUT2D eigenvalue weighted by atomic mass is 10.2. The third kappa shape index (κ3) is 3.29. The Labute approximate surface area is 158 Å². The van der Waals surface area contributed by atoms with Crippen LogP contribution in [0, 0.1) is 0 Å². The zero-order chi connectivity index (χ0) is 17.9. The second-order valence-corrected chi connectivity index (χ2v) is 6.97. The van der Waals surface area contributed by atoms with E-state index in [1.165, 1.54) is 29.9 Å². The topological polar surface area (TPSA) is 59.0 Å². The summed E-state index contributed by atoms with van der Waals surface area (Å²) in [6.07, 6.45) is 4.50. The van der Waals surface area contributed by atoms with Crippen LogP contribution < -0.4 is 4.90 Å². The van der Waals surface area contributed by atoms with Gasteiger partial charge in [-0.1, -0.05) is 59.3 Å². The molecule has 0 bridgehead atoms. The van der Waals surface area contributed by atoms with E-state index < -0.39 is 0 Å². The maximum absolute atomic E-state index is 13.1. The predicted molar refractivity (Wildman–Crippen MR) is 104 cm³/mol. The number of benzene rings is 2. The molecule has 0 unspecified atom stereocenters. The summed E-state index contributed by atoms with van der Waals surface area (Å²) < 4.78 is 0.928. The molecule has 0 radical (unpaired) electrons. The van der Waals surface area contributed by atoms with Crippen LogP contribution in [0.5, 0.6) is 0 Å². The number of anilines is 1. The van der Waals surface area contributed by atoms with Gasteiger partial charge in [0.05, 0.1) is 22.5 Å². The summed E-state index contributed by atoms with van der Waals surface area (Å²) in [5.41, 5.74) is 1.96. The number of carbonyl (C=O) groups is 1. The van der Waals surface area contributed by atoms with E-state index in [9.17, 15) is 4.79 Å². The molecule has 0 atom stereocenters. The van der Waals surface area contributed by atoms with Gasteiger partial charge in [-0.15, -0.1) is 0 Å². The molecular formula is C19H13ClN4OS. The van der Waals surface area contributed by atoms with Crippen molar-refractivity contribution in [3.8, 4) is 0 Å². The maximum atomic E-state index is 13.1. The summed E-state index contributed by atoms with van der Waals surface area (Å²) in [5.74, 6) is -0.253. The quantitative estimate of drug-likeness (QED) is 0.519. The van der Waals surface area contributed by atoms with Crippen LogP contribution in [0.3, 0.4) is 0 Å². The van der Waals surface area contributed by atoms with Gasteiger partial charge in [0.15, 0.2) is 5.13 Å². The Hall–Kier alpha value is -2.83. The molecule has 0 aliphatic rings. The summed E-state index contributed by atoms with van der Waals surface area (Å²) in [7, 11) is 0. The molecule has 0 fully saturated rings. The smallest absolute Gasteiger partial charge is 0.278 e. The van der Waals surface area contributed by atoms with Crippen molar-refractivity contribution in [3.63, 3.8) is 0 Å². The normalized spacial score (nSPS) is 10.8. The van der Waals surface area contributed by atoms with E-state index in [1.54, 1.807) is 11.0 Å². The largest absolute Gasteiger partial charge is 0.280 e. The lowest BCUT2D eigenvalue weighted by molar-refractivity contribution is 0.0980. The molecule has 0 saturated carbocycles. The minimum Gasteiger partial charge on any atom is -0.278 e. The molecule has 4 aromatic rings. The van der Waals surface area contributed by atoms with Gasteiger partial charge < -0.3 is 0 Å². The van der Waals surface area contributed by atoms with Crippen LogP contribution in [0.1, 0.15) is 16.1 Å². The van der Waals surface area contributed by atoms with E-state index in [2.05, 4.69) is 15.0 Å². The molecule has 0 saturated heterocycles. The van der Waals surface area contributed by atoms with Crippen LogP contribution in [-0.2, 0) is 6.54 Å². The lowest BCUT2D eigenvalue weighted by Crippen LogP contribution is -2.31. The van der Waals surface area contributed by atoms with Gasteiger partial charge in [-0.25, -0.2) is 9.97 Å². The van der Waals surface area contributed by atoms with Gasteiger partial charge in [-0.2, -0.15) is 0 Å². The number of aromatic nitrogens is 3. The van der Waals surface area contributed by atoms with Crippen LogP contribution >= 0.6 is 22.9 Å². The first-order valence-electron chi connectivity index (χ1n) is 7.89. The Balaban J connectivity index is 1.78. The molecule has 0 aliphatic carbocycles. The molecule has 128 valence electrons. The van der Waals surface area contributed by atoms with Crippen molar-refractivity contribution in [1.29, 1.82) is 0 Å². The van der Waals surface area contributed by atoms with Gasteiger partial charge in [-0.05, 0) is 17.7 Å². The third-order valence-electron chi connectivity index (χ3n) is 3.80. The van der Waals surface area contributed by atoms with Crippen LogP contribution in [0.2, 0.25) is 5.02 Å². The molecule has 5 nitrogen and oxygen atoms in total. The number of halogens is 1. The van der Waals surface area contributed by atoms with Crippen LogP contribution in [0.15, 0.2) is 67.1 Å². The average Bonchev–Trinajstić information content (AvgIpc) is 3.12. The summed E-state index contributed by atoms with van der Waals surface area (Å²) in [6, 6.07) is 15.4. The number of hydrogen-bond acceptors (Lipinski definition) is 5. The zero-order valence-electron chi connectivity index (χ0n) is 13.5. The van der Waals surface area contributed by atoms with Crippen molar-refractivity contribution >= 4 is 44.2 Å². The number of rotatable bonds is 4. The van der Waals surface area contributed by atoms with Crippen molar-refractivity contribution in [1.82, 2.24) is 15.0 Å². The average molecular weight is 381 g/mol. The van der Waals surface area contributed by atoms with Gasteiger partial charge in [0, 0.05) is 12.4 Å². The Kier molecular flexibility index (Phi) is 4.60. The van der Waals surface area contributed by atoms with E-state index in [1.807, 2.05) is 42.5 Å². The Bertz CT molecular complexity index is 1050. The highest BCUT2D eigenvalue weighted by atomic mass is 35.5. The van der Waals surface area contributed by atoms with Crippen molar-refractivity contribution in [2.45, 2.75) is 6.54 Å². The highest BCUT2D eigenvalue weighted by Crippen LogP contribution is 2.34. The first-order chi connectivity index (χ1) is 12.7. The fraction of sp³-hybridized carbons (Fsp3) is 0.0526. The van der Waals surface area contributed by atoms with E-state index >= 15 is 0 Å². The first-order valence-corrected chi connectivity index (χ1v) is 9.08. The molecule has 2 aromatic heterocycles. The number of para-hydroxylation sites is 1. The fourth-order valence-electron chi connectivity index (χ4n) is 2.56. The summed E-state index contributed by atoms with van der Waals surface area (Å²) >= 11 is 7.67. The van der Waals surface area contributed by atoms with Gasteiger partial charge in [0.1, 0.15) is 11.2 Å². The van der Waals surface area contributed by atoms with E-state index in [0.29, 0.717) is 22.2 Å². The number of nitrogens with zero attached hydrogens (tertiary/aromatic N) is 4. The van der Waals surface area contributed by atoms with E-state index in [-0.39, 0.29) is 11.6 Å². The van der Waals surface area contributed by atoms with Crippen molar-refractivity contribution < 1.29 is 4.79 Å². The predicted octanol–water partition coefficient (Wildman–Crippen LogP) is 4.59. The molecule has 2 aromatic carbocycles. The molecule has 0 spiro atoms. The van der Waals surface area contributed by atoms with Gasteiger partial charge in [-0.3, -0.25) is 14.7 Å². The number of amides is 1. The van der Waals surface area contributed by atoms with Gasteiger partial charge >= 0.3 is 0 Å². The summed E-state index contributed by atoms with van der Waals surface area (Å²) in [4.78, 5) is 27.4. The molecular weight excluding hydrogens is 368 g/mol. The summed E-state index contributed by atoms with van der Waals surface area (Å²) in [6.45, 7) is 0.383. The number of hydrogen-bond donors (Lipinski definition) is 0. The van der Waals surface area contributed by atoms with E-state index in [0.717, 1.165) is 10.3 Å². The Morgan fingerprint density at radius 1 is 1.08 bits per heavy atom. The third-order valence-corrected chi connectivity index (χ3v) is 5.15. The maximum Gasteiger partial charge on any atom is 0.280 e. The highest BCUT2D eigenvalue weighted by Gasteiger charge is 2.23. The second kappa shape index (κ2) is 7.19. The molecule has 2 heterocycles. The van der Waals surface area contributed by atoms with Crippen molar-refractivity contribution in [3.05, 3.63) is 83.4 Å². The molecule has 0 aliphatic heterocycles. The molecule has 26 heavy (non-hydrogen) atoms. The van der Waals surface area contributed by atoms with Crippen LogP contribution in [0.25, 0.3) is 10.2 Å². The second-order valence-electron chi connectivity index (χ2n) is 5.55. The lowest BCUT2D eigenvalue weighted by Gasteiger charge is -2.19. The Morgan fingerprint density at radius 3 is 2.65 bits per heavy atom. The standard InChI is InChI=1S/C19H13ClN4OS/c20-14-7-4-8-16-17(14)23-19(26-16)24(12-13-5-2-1-3-6-13)18(25)15-11-21-9-10-22-15/h1-11H,12H2. The van der Waals surface area contributed by atoms with Crippen molar-refractivity contribution in [2.75, 3.05) is 4.90 Å². The number of thiazole rings is 1.